The maximum Gasteiger partial charge on any atom is 0.279 e. The zero-order valence-corrected chi connectivity index (χ0v) is 10.3. The van der Waals surface area contributed by atoms with Crippen molar-refractivity contribution in [3.63, 3.8) is 0 Å². The Morgan fingerprint density at radius 3 is 3.00 bits per heavy atom. The number of hydrogen-bond acceptors (Lipinski definition) is 3. The van der Waals surface area contributed by atoms with Crippen LogP contribution in [0, 0.1) is 0 Å². The lowest BCUT2D eigenvalue weighted by Gasteiger charge is -2.13. The van der Waals surface area contributed by atoms with Crippen molar-refractivity contribution >= 4 is 26.1 Å². The van der Waals surface area contributed by atoms with Crippen LogP contribution in [-0.2, 0) is 16.8 Å². The van der Waals surface area contributed by atoms with Gasteiger partial charge in [-0.25, -0.2) is 4.72 Å². The second-order valence-corrected chi connectivity index (χ2v) is 5.77. The molecule has 7 heteroatoms. The molecule has 2 rings (SSSR count). The van der Waals surface area contributed by atoms with E-state index in [-0.39, 0.29) is 0 Å². The van der Waals surface area contributed by atoms with Crippen molar-refractivity contribution in [3.05, 3.63) is 28.5 Å². The van der Waals surface area contributed by atoms with Gasteiger partial charge in [-0.05, 0) is 28.1 Å². The van der Waals surface area contributed by atoms with E-state index in [1.54, 1.807) is 12.3 Å². The first-order valence-electron chi connectivity index (χ1n) is 4.44. The lowest BCUT2D eigenvalue weighted by Crippen LogP contribution is -2.29. The first-order valence-corrected chi connectivity index (χ1v) is 6.67. The van der Waals surface area contributed by atoms with Crippen molar-refractivity contribution in [3.8, 4) is 0 Å². The van der Waals surface area contributed by atoms with E-state index in [0.717, 1.165) is 10.2 Å². The summed E-state index contributed by atoms with van der Waals surface area (Å²) in [5.41, 5.74) is 0.727. The smallest absolute Gasteiger partial charge is 0.259 e. The fourth-order valence-electron chi connectivity index (χ4n) is 1.38. The molecule has 1 aliphatic heterocycles. The van der Waals surface area contributed by atoms with Crippen LogP contribution in [0.15, 0.2) is 22.8 Å². The quantitative estimate of drug-likeness (QED) is 0.863. The minimum atomic E-state index is -3.28. The molecule has 1 aliphatic rings. The van der Waals surface area contributed by atoms with Crippen LogP contribution >= 0.6 is 15.9 Å². The minimum Gasteiger partial charge on any atom is -0.259 e. The average molecular weight is 292 g/mol. The average Bonchev–Trinajstić information content (AvgIpc) is 2.50. The van der Waals surface area contributed by atoms with E-state index >= 15 is 0 Å². The number of hydrogen-bond donors (Lipinski definition) is 1. The van der Waals surface area contributed by atoms with Crippen molar-refractivity contribution in [2.24, 2.45) is 0 Å². The molecule has 82 valence electrons. The van der Waals surface area contributed by atoms with Gasteiger partial charge in [0.25, 0.3) is 10.2 Å². The van der Waals surface area contributed by atoms with Crippen LogP contribution in [-0.4, -0.2) is 30.8 Å². The highest BCUT2D eigenvalue weighted by molar-refractivity contribution is 9.10. The zero-order chi connectivity index (χ0) is 10.9. The van der Waals surface area contributed by atoms with E-state index in [2.05, 4.69) is 25.6 Å². The molecular formula is C8H10BrN3O2S. The Kier molecular flexibility index (Phi) is 3.06. The van der Waals surface area contributed by atoms with Gasteiger partial charge in [0.15, 0.2) is 0 Å². The molecule has 1 N–H and O–H groups in total. The fraction of sp³-hybridized carbons (Fsp3) is 0.375. The SMILES string of the molecule is O=S1(=O)NCCN1Cc1ncccc1Br. The zero-order valence-electron chi connectivity index (χ0n) is 7.85. The Labute approximate surface area is 96.8 Å². The van der Waals surface area contributed by atoms with Crippen molar-refractivity contribution in [1.29, 1.82) is 0 Å². The molecule has 1 fully saturated rings. The van der Waals surface area contributed by atoms with Crippen molar-refractivity contribution < 1.29 is 8.42 Å². The maximum atomic E-state index is 11.4. The third-order valence-electron chi connectivity index (χ3n) is 2.15. The fourth-order valence-corrected chi connectivity index (χ4v) is 2.91. The van der Waals surface area contributed by atoms with Gasteiger partial charge in [-0.1, -0.05) is 0 Å². The van der Waals surface area contributed by atoms with E-state index in [9.17, 15) is 8.42 Å². The van der Waals surface area contributed by atoms with Crippen molar-refractivity contribution in [2.75, 3.05) is 13.1 Å². The third kappa shape index (κ3) is 2.36. The Hall–Kier alpha value is -0.500. The van der Waals surface area contributed by atoms with Gasteiger partial charge in [-0.3, -0.25) is 4.98 Å². The summed E-state index contributed by atoms with van der Waals surface area (Å²) >= 11 is 3.34. The number of nitrogens with one attached hydrogen (secondary N) is 1. The standard InChI is InChI=1S/C8H10BrN3O2S/c9-7-2-1-3-10-8(7)6-12-5-4-11-15(12,13)14/h1-3,11H,4-6H2. The van der Waals surface area contributed by atoms with Crippen LogP contribution in [0.3, 0.4) is 0 Å². The summed E-state index contributed by atoms with van der Waals surface area (Å²) in [6.07, 6.45) is 1.65. The molecule has 1 aromatic heterocycles. The van der Waals surface area contributed by atoms with Gasteiger partial charge in [-0.15, -0.1) is 0 Å². The lowest BCUT2D eigenvalue weighted by molar-refractivity contribution is 0.440. The molecule has 0 amide bonds. The van der Waals surface area contributed by atoms with Gasteiger partial charge < -0.3 is 0 Å². The summed E-state index contributed by atoms with van der Waals surface area (Å²) in [6.45, 7) is 1.26. The van der Waals surface area contributed by atoms with Gasteiger partial charge >= 0.3 is 0 Å². The summed E-state index contributed by atoms with van der Waals surface area (Å²) < 4.78 is 27.5. The summed E-state index contributed by atoms with van der Waals surface area (Å²) in [7, 11) is -3.28. The molecule has 15 heavy (non-hydrogen) atoms. The van der Waals surface area contributed by atoms with Crippen LogP contribution < -0.4 is 4.72 Å². The van der Waals surface area contributed by atoms with E-state index in [0.29, 0.717) is 19.6 Å². The number of halogens is 1. The number of nitrogens with zero attached hydrogens (tertiary/aromatic N) is 2. The molecule has 5 nitrogen and oxygen atoms in total. The Balaban J connectivity index is 2.20. The second-order valence-electron chi connectivity index (χ2n) is 3.16. The van der Waals surface area contributed by atoms with Gasteiger partial charge in [-0.2, -0.15) is 12.7 Å². The van der Waals surface area contributed by atoms with Gasteiger partial charge in [0, 0.05) is 23.8 Å². The molecule has 0 aliphatic carbocycles. The summed E-state index contributed by atoms with van der Waals surface area (Å²) in [6, 6.07) is 3.64. The second kappa shape index (κ2) is 4.17. The maximum absolute atomic E-state index is 11.4. The van der Waals surface area contributed by atoms with Crippen LogP contribution in [0.5, 0.6) is 0 Å². The monoisotopic (exact) mass is 291 g/mol. The summed E-state index contributed by atoms with van der Waals surface area (Å²) in [5, 5.41) is 0. The minimum absolute atomic E-state index is 0.302. The van der Waals surface area contributed by atoms with Crippen LogP contribution in [0.4, 0.5) is 0 Å². The number of rotatable bonds is 2. The predicted molar refractivity (Wildman–Crippen MR) is 59.3 cm³/mol. The first kappa shape index (κ1) is 11.0. The summed E-state index contributed by atoms with van der Waals surface area (Å²) in [4.78, 5) is 4.13. The molecule has 2 heterocycles. The Bertz CT molecular complexity index is 463. The van der Waals surface area contributed by atoms with E-state index in [4.69, 9.17) is 0 Å². The molecular weight excluding hydrogens is 282 g/mol. The molecule has 0 saturated carbocycles. The van der Waals surface area contributed by atoms with E-state index in [1.165, 1.54) is 4.31 Å². The lowest BCUT2D eigenvalue weighted by atomic mass is 10.3. The molecule has 0 atom stereocenters. The predicted octanol–water partition coefficient (Wildman–Crippen LogP) is 0.494. The molecule has 1 saturated heterocycles. The van der Waals surface area contributed by atoms with Gasteiger partial charge in [0.1, 0.15) is 0 Å². The Morgan fingerprint density at radius 2 is 2.40 bits per heavy atom. The van der Waals surface area contributed by atoms with Crippen LogP contribution in [0.1, 0.15) is 5.69 Å². The highest BCUT2D eigenvalue weighted by Crippen LogP contribution is 2.17. The van der Waals surface area contributed by atoms with Crippen LogP contribution in [0.2, 0.25) is 0 Å². The highest BCUT2D eigenvalue weighted by atomic mass is 79.9. The molecule has 0 aromatic carbocycles. The number of aromatic nitrogens is 1. The molecule has 0 radical (unpaired) electrons. The van der Waals surface area contributed by atoms with Crippen molar-refractivity contribution in [1.82, 2.24) is 14.0 Å². The van der Waals surface area contributed by atoms with Crippen molar-refractivity contribution in [2.45, 2.75) is 6.54 Å². The number of pyridine rings is 1. The van der Waals surface area contributed by atoms with Gasteiger partial charge in [0.05, 0.1) is 12.2 Å². The van der Waals surface area contributed by atoms with Crippen LogP contribution in [0.25, 0.3) is 0 Å². The molecule has 0 bridgehead atoms. The Morgan fingerprint density at radius 1 is 1.60 bits per heavy atom. The molecule has 0 spiro atoms. The largest absolute Gasteiger partial charge is 0.279 e. The normalized spacial score (nSPS) is 20.6. The molecule has 0 unspecified atom stereocenters. The first-order chi connectivity index (χ1) is 7.09. The molecule has 1 aromatic rings. The third-order valence-corrected chi connectivity index (χ3v) is 4.43. The topological polar surface area (TPSA) is 62.3 Å². The van der Waals surface area contributed by atoms with Gasteiger partial charge in [0.2, 0.25) is 0 Å². The van der Waals surface area contributed by atoms with E-state index in [1.807, 2.05) is 6.07 Å². The summed E-state index contributed by atoms with van der Waals surface area (Å²) in [5.74, 6) is 0. The van der Waals surface area contributed by atoms with E-state index < -0.39 is 10.2 Å². The highest BCUT2D eigenvalue weighted by Gasteiger charge is 2.28.